The molecule has 3 rings (SSSR count). The molecule has 8 heteroatoms. The first-order valence-corrected chi connectivity index (χ1v) is 9.10. The monoisotopic (exact) mass is 348 g/mol. The molecule has 0 aliphatic heterocycles. The fourth-order valence-corrected chi connectivity index (χ4v) is 3.54. The Morgan fingerprint density at radius 2 is 2.04 bits per heavy atom. The van der Waals surface area contributed by atoms with Crippen molar-refractivity contribution < 1.29 is 4.52 Å². The summed E-state index contributed by atoms with van der Waals surface area (Å²) < 4.78 is 8.38. The van der Waals surface area contributed by atoms with Gasteiger partial charge in [0.1, 0.15) is 5.82 Å². The summed E-state index contributed by atoms with van der Waals surface area (Å²) in [5.74, 6) is 2.97. The second kappa shape index (κ2) is 7.51. The van der Waals surface area contributed by atoms with Gasteiger partial charge in [0.15, 0.2) is 5.82 Å². The Kier molecular flexibility index (Phi) is 5.36. The molecule has 138 valence electrons. The summed E-state index contributed by atoms with van der Waals surface area (Å²) in [4.78, 5) is 16.3. The molecule has 25 heavy (non-hydrogen) atoms. The van der Waals surface area contributed by atoms with Crippen molar-refractivity contribution in [2.45, 2.75) is 64.5 Å². The fourth-order valence-electron chi connectivity index (χ4n) is 3.54. The topological polar surface area (TPSA) is 90.8 Å². The minimum absolute atomic E-state index is 0.0672. The maximum Gasteiger partial charge on any atom is 0.345 e. The zero-order chi connectivity index (χ0) is 18.0. The van der Waals surface area contributed by atoms with E-state index in [4.69, 9.17) is 4.52 Å². The summed E-state index contributed by atoms with van der Waals surface area (Å²) in [6.45, 7) is 4.69. The number of nitrogens with one attached hydrogen (secondary N) is 1. The molecule has 1 saturated carbocycles. The van der Waals surface area contributed by atoms with E-state index in [2.05, 4.69) is 34.4 Å². The van der Waals surface area contributed by atoms with E-state index < -0.39 is 0 Å². The Morgan fingerprint density at radius 3 is 2.68 bits per heavy atom. The zero-order valence-corrected chi connectivity index (χ0v) is 15.5. The minimum atomic E-state index is -0.0672. The molecule has 2 aromatic heterocycles. The lowest BCUT2D eigenvalue weighted by Gasteiger charge is -2.31. The van der Waals surface area contributed by atoms with Crippen LogP contribution in [0.15, 0.2) is 9.32 Å². The third kappa shape index (κ3) is 4.00. The van der Waals surface area contributed by atoms with Gasteiger partial charge in [-0.25, -0.2) is 9.48 Å². The first-order chi connectivity index (χ1) is 12.0. The van der Waals surface area contributed by atoms with Crippen LogP contribution in [-0.2, 0) is 27.1 Å². The number of aryl methyl sites for hydroxylation is 1. The van der Waals surface area contributed by atoms with Crippen LogP contribution in [0.3, 0.4) is 0 Å². The molecule has 1 aliphatic rings. The molecule has 8 nitrogen and oxygen atoms in total. The van der Waals surface area contributed by atoms with Gasteiger partial charge in [0, 0.05) is 32.5 Å². The average molecular weight is 348 g/mol. The lowest BCUT2D eigenvalue weighted by molar-refractivity contribution is 0.244. The Bertz CT molecular complexity index is 760. The van der Waals surface area contributed by atoms with E-state index in [0.29, 0.717) is 24.4 Å². The van der Waals surface area contributed by atoms with E-state index in [1.54, 1.807) is 18.7 Å². The van der Waals surface area contributed by atoms with E-state index in [1.165, 1.54) is 17.5 Å². The van der Waals surface area contributed by atoms with Gasteiger partial charge in [-0.2, -0.15) is 10.1 Å². The molecular formula is C17H28N6O2. The molecule has 0 radical (unpaired) electrons. The molecule has 0 amide bonds. The number of nitrogens with zero attached hydrogens (tertiary/aromatic N) is 5. The summed E-state index contributed by atoms with van der Waals surface area (Å²) in [6.07, 6.45) is 5.52. The second-order valence-corrected chi connectivity index (χ2v) is 7.32. The predicted octanol–water partition coefficient (Wildman–Crippen LogP) is 1.52. The lowest BCUT2D eigenvalue weighted by Crippen LogP contribution is -2.39. The Hall–Kier alpha value is -1.96. The van der Waals surface area contributed by atoms with Crippen molar-refractivity contribution in [3.8, 4) is 0 Å². The van der Waals surface area contributed by atoms with Crippen LogP contribution in [-0.4, -0.2) is 30.5 Å². The van der Waals surface area contributed by atoms with Gasteiger partial charge < -0.3 is 9.84 Å². The van der Waals surface area contributed by atoms with Gasteiger partial charge in [0.05, 0.1) is 6.54 Å². The summed E-state index contributed by atoms with van der Waals surface area (Å²) in [5, 5.41) is 12.0. The van der Waals surface area contributed by atoms with E-state index in [9.17, 15) is 4.79 Å². The van der Waals surface area contributed by atoms with Gasteiger partial charge in [-0.1, -0.05) is 31.8 Å². The van der Waals surface area contributed by atoms with Crippen LogP contribution >= 0.6 is 0 Å². The van der Waals surface area contributed by atoms with Crippen LogP contribution in [0.25, 0.3) is 0 Å². The molecule has 1 aliphatic carbocycles. The van der Waals surface area contributed by atoms with Crippen LogP contribution in [0.1, 0.15) is 63.0 Å². The lowest BCUT2D eigenvalue weighted by atomic mass is 9.82. The fraction of sp³-hybridized carbons (Fsp3) is 0.765. The van der Waals surface area contributed by atoms with Gasteiger partial charge in [-0.3, -0.25) is 4.57 Å². The smallest absolute Gasteiger partial charge is 0.338 e. The SMILES string of the molecule is CC(C)c1noc(CN[C@@H]2CCCC[C@@H]2Cc2nn(C)c(=O)n2C)n1. The number of aromatic nitrogens is 5. The van der Waals surface area contributed by atoms with Crippen molar-refractivity contribution in [3.63, 3.8) is 0 Å². The largest absolute Gasteiger partial charge is 0.345 e. The molecule has 0 saturated heterocycles. The maximum absolute atomic E-state index is 11.9. The van der Waals surface area contributed by atoms with E-state index in [0.717, 1.165) is 30.9 Å². The molecule has 1 N–H and O–H groups in total. The Balaban J connectivity index is 1.64. The van der Waals surface area contributed by atoms with Crippen molar-refractivity contribution in [1.82, 2.24) is 29.8 Å². The summed E-state index contributed by atoms with van der Waals surface area (Å²) >= 11 is 0. The predicted molar refractivity (Wildman–Crippen MR) is 93.1 cm³/mol. The maximum atomic E-state index is 11.9. The van der Waals surface area contributed by atoms with Crippen LogP contribution in [0.2, 0.25) is 0 Å². The molecule has 0 spiro atoms. The molecule has 0 aromatic carbocycles. The highest BCUT2D eigenvalue weighted by Gasteiger charge is 2.27. The summed E-state index contributed by atoms with van der Waals surface area (Å²) in [6, 6.07) is 0.375. The molecule has 0 unspecified atom stereocenters. The first kappa shape index (κ1) is 17.8. The highest BCUT2D eigenvalue weighted by atomic mass is 16.5. The molecule has 1 fully saturated rings. The average Bonchev–Trinajstić information content (AvgIpc) is 3.16. The van der Waals surface area contributed by atoms with Gasteiger partial charge >= 0.3 is 5.69 Å². The molecule has 2 atom stereocenters. The van der Waals surface area contributed by atoms with Gasteiger partial charge in [0.25, 0.3) is 0 Å². The standard InChI is InChI=1S/C17H28N6O2/c1-11(2)16-19-15(25-21-16)10-18-13-8-6-5-7-12(13)9-14-20-23(4)17(24)22(14)3/h11-13,18H,5-10H2,1-4H3/t12-,13-/m1/s1. The number of rotatable bonds is 6. The van der Waals surface area contributed by atoms with Crippen molar-refractivity contribution in [3.05, 3.63) is 28.0 Å². The first-order valence-electron chi connectivity index (χ1n) is 9.10. The zero-order valence-electron chi connectivity index (χ0n) is 15.5. The molecule has 2 heterocycles. The quantitative estimate of drug-likeness (QED) is 0.851. The van der Waals surface area contributed by atoms with Crippen molar-refractivity contribution in [1.29, 1.82) is 0 Å². The Labute approximate surface area is 147 Å². The van der Waals surface area contributed by atoms with Crippen molar-refractivity contribution in [2.75, 3.05) is 0 Å². The molecule has 0 bridgehead atoms. The second-order valence-electron chi connectivity index (χ2n) is 7.32. The third-order valence-corrected chi connectivity index (χ3v) is 5.09. The summed E-state index contributed by atoms with van der Waals surface area (Å²) in [5.41, 5.74) is -0.0672. The highest BCUT2D eigenvalue weighted by Crippen LogP contribution is 2.27. The van der Waals surface area contributed by atoms with Crippen LogP contribution < -0.4 is 11.0 Å². The number of hydrogen-bond acceptors (Lipinski definition) is 6. The van der Waals surface area contributed by atoms with Gasteiger partial charge in [-0.05, 0) is 18.8 Å². The third-order valence-electron chi connectivity index (χ3n) is 5.09. The van der Waals surface area contributed by atoms with Crippen molar-refractivity contribution in [2.24, 2.45) is 20.0 Å². The molecular weight excluding hydrogens is 320 g/mol. The Morgan fingerprint density at radius 1 is 1.28 bits per heavy atom. The van der Waals surface area contributed by atoms with E-state index in [-0.39, 0.29) is 11.6 Å². The van der Waals surface area contributed by atoms with Crippen LogP contribution in [0.5, 0.6) is 0 Å². The van der Waals surface area contributed by atoms with Gasteiger partial charge in [-0.15, -0.1) is 0 Å². The van der Waals surface area contributed by atoms with Crippen LogP contribution in [0.4, 0.5) is 0 Å². The highest BCUT2D eigenvalue weighted by molar-refractivity contribution is 4.95. The van der Waals surface area contributed by atoms with Crippen LogP contribution in [0, 0.1) is 5.92 Å². The normalized spacial score (nSPS) is 21.2. The van der Waals surface area contributed by atoms with E-state index >= 15 is 0 Å². The number of hydrogen-bond donors (Lipinski definition) is 1. The van der Waals surface area contributed by atoms with Crippen molar-refractivity contribution >= 4 is 0 Å². The minimum Gasteiger partial charge on any atom is -0.338 e. The molecule has 2 aromatic rings. The van der Waals surface area contributed by atoms with E-state index in [1.807, 2.05) is 0 Å². The summed E-state index contributed by atoms with van der Waals surface area (Å²) in [7, 11) is 3.49. The van der Waals surface area contributed by atoms with Gasteiger partial charge in [0.2, 0.25) is 5.89 Å².